The summed E-state index contributed by atoms with van der Waals surface area (Å²) in [4.78, 5) is 3.33. The predicted molar refractivity (Wildman–Crippen MR) is 82.5 cm³/mol. The number of methoxy groups -OCH3 is 1. The minimum atomic E-state index is 0.130. The quantitative estimate of drug-likeness (QED) is 0.917. The van der Waals surface area contributed by atoms with Crippen LogP contribution in [0.1, 0.15) is 10.9 Å². The molecule has 1 heterocycles. The van der Waals surface area contributed by atoms with Crippen LogP contribution in [0.25, 0.3) is 0 Å². The van der Waals surface area contributed by atoms with Gasteiger partial charge in [0.25, 0.3) is 0 Å². The van der Waals surface area contributed by atoms with Crippen LogP contribution in [0.3, 0.4) is 0 Å². The van der Waals surface area contributed by atoms with E-state index in [1.807, 2.05) is 42.8 Å². The number of thiophene rings is 1. The van der Waals surface area contributed by atoms with Crippen molar-refractivity contribution < 1.29 is 4.74 Å². The van der Waals surface area contributed by atoms with Crippen molar-refractivity contribution in [2.24, 2.45) is 5.73 Å². The van der Waals surface area contributed by atoms with Crippen LogP contribution in [0.2, 0.25) is 5.02 Å². The third kappa shape index (κ3) is 3.21. The van der Waals surface area contributed by atoms with Crippen LogP contribution in [0.5, 0.6) is 5.75 Å². The molecule has 1 aromatic carbocycles. The molecule has 0 aliphatic rings. The van der Waals surface area contributed by atoms with Crippen molar-refractivity contribution in [1.29, 1.82) is 0 Å². The number of likely N-dealkylation sites (N-methyl/N-ethyl adjacent to an activating group) is 1. The first-order valence-corrected chi connectivity index (χ1v) is 7.22. The van der Waals surface area contributed by atoms with E-state index in [9.17, 15) is 0 Å². The molecule has 3 nitrogen and oxygen atoms in total. The predicted octanol–water partition coefficient (Wildman–Crippen LogP) is 3.55. The van der Waals surface area contributed by atoms with Gasteiger partial charge in [-0.05, 0) is 30.3 Å². The lowest BCUT2D eigenvalue weighted by Crippen LogP contribution is -2.29. The monoisotopic (exact) mass is 296 g/mol. The van der Waals surface area contributed by atoms with Crippen LogP contribution in [0.15, 0.2) is 35.7 Å². The normalized spacial score (nSPS) is 12.2. The molecule has 102 valence electrons. The van der Waals surface area contributed by atoms with Gasteiger partial charge in [-0.2, -0.15) is 0 Å². The molecule has 0 aliphatic heterocycles. The van der Waals surface area contributed by atoms with E-state index in [4.69, 9.17) is 22.1 Å². The SMILES string of the molecule is COc1ccc(N(C)C(CN)c2cc(Cl)cs2)cc1. The molecule has 0 radical (unpaired) electrons. The number of rotatable bonds is 5. The first-order valence-electron chi connectivity index (χ1n) is 5.96. The van der Waals surface area contributed by atoms with Gasteiger partial charge in [0.15, 0.2) is 0 Å². The summed E-state index contributed by atoms with van der Waals surface area (Å²) in [7, 11) is 3.70. The molecular weight excluding hydrogens is 280 g/mol. The number of nitrogens with zero attached hydrogens (tertiary/aromatic N) is 1. The Morgan fingerprint density at radius 2 is 2.05 bits per heavy atom. The average molecular weight is 297 g/mol. The lowest BCUT2D eigenvalue weighted by molar-refractivity contribution is 0.415. The minimum absolute atomic E-state index is 0.130. The van der Waals surface area contributed by atoms with Gasteiger partial charge in [0.2, 0.25) is 0 Å². The van der Waals surface area contributed by atoms with Crippen molar-refractivity contribution in [3.63, 3.8) is 0 Å². The lowest BCUT2D eigenvalue weighted by atomic mass is 10.2. The Kier molecular flexibility index (Phi) is 4.69. The van der Waals surface area contributed by atoms with Crippen LogP contribution < -0.4 is 15.4 Å². The fourth-order valence-electron chi connectivity index (χ4n) is 1.97. The Labute approximate surface area is 122 Å². The van der Waals surface area contributed by atoms with Gasteiger partial charge >= 0.3 is 0 Å². The molecule has 2 N–H and O–H groups in total. The Bertz CT molecular complexity index is 526. The van der Waals surface area contributed by atoms with E-state index in [1.54, 1.807) is 18.4 Å². The molecule has 1 atom stereocenters. The van der Waals surface area contributed by atoms with Gasteiger partial charge in [-0.1, -0.05) is 11.6 Å². The largest absolute Gasteiger partial charge is 0.497 e. The van der Waals surface area contributed by atoms with E-state index in [0.29, 0.717) is 6.54 Å². The third-order valence-electron chi connectivity index (χ3n) is 3.09. The zero-order valence-electron chi connectivity index (χ0n) is 11.0. The fraction of sp³-hybridized carbons (Fsp3) is 0.286. The van der Waals surface area contributed by atoms with Crippen LogP contribution in [0.4, 0.5) is 5.69 Å². The second-order valence-electron chi connectivity index (χ2n) is 4.23. The standard InChI is InChI=1S/C14H17ClN2OS/c1-17(11-3-5-12(18-2)6-4-11)13(8-16)14-7-10(15)9-19-14/h3-7,9,13H,8,16H2,1-2H3. The molecule has 1 aromatic heterocycles. The van der Waals surface area contributed by atoms with Gasteiger partial charge < -0.3 is 15.4 Å². The van der Waals surface area contributed by atoms with Gasteiger partial charge in [0, 0.05) is 29.5 Å². The van der Waals surface area contributed by atoms with Crippen molar-refractivity contribution in [2.75, 3.05) is 25.6 Å². The zero-order chi connectivity index (χ0) is 13.8. The van der Waals surface area contributed by atoms with E-state index in [2.05, 4.69) is 4.90 Å². The number of anilines is 1. The molecule has 0 amide bonds. The molecule has 5 heteroatoms. The molecule has 0 bridgehead atoms. The Morgan fingerprint density at radius 3 is 2.53 bits per heavy atom. The number of hydrogen-bond acceptors (Lipinski definition) is 4. The highest BCUT2D eigenvalue weighted by Gasteiger charge is 2.17. The van der Waals surface area contributed by atoms with Crippen LogP contribution in [0, 0.1) is 0 Å². The molecule has 0 saturated carbocycles. The van der Waals surface area contributed by atoms with E-state index in [0.717, 1.165) is 16.5 Å². The van der Waals surface area contributed by atoms with Gasteiger partial charge in [0.1, 0.15) is 5.75 Å². The molecule has 19 heavy (non-hydrogen) atoms. The zero-order valence-corrected chi connectivity index (χ0v) is 12.5. The molecule has 0 spiro atoms. The number of halogens is 1. The summed E-state index contributed by atoms with van der Waals surface area (Å²) in [5.41, 5.74) is 7.00. The second kappa shape index (κ2) is 6.28. The van der Waals surface area contributed by atoms with E-state index >= 15 is 0 Å². The summed E-state index contributed by atoms with van der Waals surface area (Å²) >= 11 is 7.62. The molecule has 0 aliphatic carbocycles. The van der Waals surface area contributed by atoms with Gasteiger partial charge in [0.05, 0.1) is 18.2 Å². The average Bonchev–Trinajstić information content (AvgIpc) is 2.86. The topological polar surface area (TPSA) is 38.5 Å². The van der Waals surface area contributed by atoms with E-state index in [-0.39, 0.29) is 6.04 Å². The molecule has 2 rings (SSSR count). The number of hydrogen-bond donors (Lipinski definition) is 1. The minimum Gasteiger partial charge on any atom is -0.497 e. The summed E-state index contributed by atoms with van der Waals surface area (Å²) in [6, 6.07) is 10.0. The van der Waals surface area contributed by atoms with Crippen LogP contribution in [-0.4, -0.2) is 20.7 Å². The summed E-state index contributed by atoms with van der Waals surface area (Å²) in [5, 5.41) is 2.70. The highest BCUT2D eigenvalue weighted by atomic mass is 35.5. The Balaban J connectivity index is 2.22. The molecular formula is C14H17ClN2OS. The molecule has 2 aromatic rings. The number of benzene rings is 1. The third-order valence-corrected chi connectivity index (χ3v) is 4.47. The van der Waals surface area contributed by atoms with Gasteiger partial charge in [-0.15, -0.1) is 11.3 Å². The fourth-order valence-corrected chi connectivity index (χ4v) is 3.20. The Hall–Kier alpha value is -1.23. The highest BCUT2D eigenvalue weighted by Crippen LogP contribution is 2.31. The maximum absolute atomic E-state index is 5.99. The van der Waals surface area contributed by atoms with Gasteiger partial charge in [-0.3, -0.25) is 0 Å². The highest BCUT2D eigenvalue weighted by molar-refractivity contribution is 7.10. The Morgan fingerprint density at radius 1 is 1.37 bits per heavy atom. The summed E-state index contributed by atoms with van der Waals surface area (Å²) in [6.45, 7) is 0.541. The molecule has 0 fully saturated rings. The maximum Gasteiger partial charge on any atom is 0.119 e. The summed E-state index contributed by atoms with van der Waals surface area (Å²) in [6.07, 6.45) is 0. The first-order chi connectivity index (χ1) is 9.15. The van der Waals surface area contributed by atoms with E-state index in [1.165, 1.54) is 4.88 Å². The number of nitrogens with two attached hydrogens (primary N) is 1. The lowest BCUT2D eigenvalue weighted by Gasteiger charge is -2.28. The van der Waals surface area contributed by atoms with E-state index < -0.39 is 0 Å². The molecule has 1 unspecified atom stereocenters. The number of ether oxygens (including phenoxy) is 1. The smallest absolute Gasteiger partial charge is 0.119 e. The van der Waals surface area contributed by atoms with Crippen molar-refractivity contribution in [3.05, 3.63) is 45.6 Å². The van der Waals surface area contributed by atoms with Crippen molar-refractivity contribution in [1.82, 2.24) is 0 Å². The molecule has 0 saturated heterocycles. The van der Waals surface area contributed by atoms with Crippen molar-refractivity contribution in [2.45, 2.75) is 6.04 Å². The van der Waals surface area contributed by atoms with Crippen LogP contribution in [-0.2, 0) is 0 Å². The first kappa shape index (κ1) is 14.2. The summed E-state index contributed by atoms with van der Waals surface area (Å²) < 4.78 is 5.17. The van der Waals surface area contributed by atoms with Crippen molar-refractivity contribution >= 4 is 28.6 Å². The second-order valence-corrected chi connectivity index (χ2v) is 5.61. The van der Waals surface area contributed by atoms with Gasteiger partial charge in [-0.25, -0.2) is 0 Å². The maximum atomic E-state index is 5.99. The summed E-state index contributed by atoms with van der Waals surface area (Å²) in [5.74, 6) is 0.848. The van der Waals surface area contributed by atoms with Crippen LogP contribution >= 0.6 is 22.9 Å². The van der Waals surface area contributed by atoms with Crippen molar-refractivity contribution in [3.8, 4) is 5.75 Å².